The van der Waals surface area contributed by atoms with E-state index in [-0.39, 0.29) is 0 Å². The smallest absolute Gasteiger partial charge is 0.0162 e. The highest BCUT2D eigenvalue weighted by Crippen LogP contribution is 2.37. The molecule has 0 aromatic heterocycles. The molecule has 0 bridgehead atoms. The van der Waals surface area contributed by atoms with Crippen molar-refractivity contribution in [3.05, 3.63) is 35.4 Å². The van der Waals surface area contributed by atoms with E-state index < -0.39 is 0 Å². The molecule has 0 radical (unpaired) electrons. The van der Waals surface area contributed by atoms with Crippen LogP contribution < -0.4 is 0 Å². The molecule has 0 atom stereocenters. The molecule has 1 aromatic carbocycles. The molecule has 1 aromatic rings. The Balaban J connectivity index is 1.52. The Morgan fingerprint density at radius 2 is 1.30 bits per heavy atom. The van der Waals surface area contributed by atoms with E-state index in [1.165, 1.54) is 89.0 Å². The predicted molar refractivity (Wildman–Crippen MR) is 103 cm³/mol. The number of hydrogen-bond donors (Lipinski definition) is 0. The average Bonchev–Trinajstić information content (AvgIpc) is 2.59. The molecule has 0 aliphatic heterocycles. The lowest BCUT2D eigenvalue weighted by atomic mass is 9.77. The van der Waals surface area contributed by atoms with Crippen molar-refractivity contribution in [3.8, 4) is 0 Å². The van der Waals surface area contributed by atoms with Crippen LogP contribution >= 0.6 is 0 Å². The van der Waals surface area contributed by atoms with Gasteiger partial charge in [-0.25, -0.2) is 0 Å². The number of hydrogen-bond acceptors (Lipinski definition) is 0. The second-order valence-electron chi connectivity index (χ2n) is 7.89. The maximum atomic E-state index is 2.36. The molecule has 2 rings (SSSR count). The van der Waals surface area contributed by atoms with Crippen LogP contribution in [0.5, 0.6) is 0 Å². The summed E-state index contributed by atoms with van der Waals surface area (Å²) in [5.74, 6) is 1.86. The van der Waals surface area contributed by atoms with E-state index in [0.29, 0.717) is 0 Å². The van der Waals surface area contributed by atoms with Crippen molar-refractivity contribution < 1.29 is 0 Å². The van der Waals surface area contributed by atoms with Gasteiger partial charge >= 0.3 is 0 Å². The first kappa shape index (κ1) is 18.6. The fourth-order valence-corrected chi connectivity index (χ4v) is 4.19. The fraction of sp³-hybridized carbons (Fsp3) is 0.739. The highest BCUT2D eigenvalue weighted by atomic mass is 14.3. The first-order valence-electron chi connectivity index (χ1n) is 10.4. The van der Waals surface area contributed by atoms with E-state index in [4.69, 9.17) is 0 Å². The zero-order chi connectivity index (χ0) is 16.3. The van der Waals surface area contributed by atoms with Crippen molar-refractivity contribution in [1.82, 2.24) is 0 Å². The van der Waals surface area contributed by atoms with Gasteiger partial charge < -0.3 is 0 Å². The Labute approximate surface area is 145 Å². The van der Waals surface area contributed by atoms with E-state index in [1.807, 2.05) is 0 Å². The third-order valence-corrected chi connectivity index (χ3v) is 5.86. The van der Waals surface area contributed by atoms with Crippen LogP contribution in [0.25, 0.3) is 0 Å². The van der Waals surface area contributed by atoms with Crippen LogP contribution in [0.1, 0.15) is 107 Å². The highest BCUT2D eigenvalue weighted by Gasteiger charge is 2.21. The summed E-state index contributed by atoms with van der Waals surface area (Å²) in [4.78, 5) is 0. The molecule has 0 heteroatoms. The Morgan fingerprint density at radius 1 is 0.739 bits per heavy atom. The molecule has 1 saturated carbocycles. The number of rotatable bonds is 10. The molecule has 0 heterocycles. The Morgan fingerprint density at radius 3 is 1.91 bits per heavy atom. The van der Waals surface area contributed by atoms with Crippen LogP contribution in [0, 0.1) is 12.8 Å². The van der Waals surface area contributed by atoms with Crippen molar-refractivity contribution in [3.63, 3.8) is 0 Å². The first-order valence-corrected chi connectivity index (χ1v) is 10.4. The molecule has 0 nitrogen and oxygen atoms in total. The maximum absolute atomic E-state index is 2.36. The van der Waals surface area contributed by atoms with Gasteiger partial charge in [0.1, 0.15) is 0 Å². The molecule has 0 spiro atoms. The van der Waals surface area contributed by atoms with Crippen LogP contribution in [-0.2, 0) is 0 Å². The SMILES string of the molecule is CCCCCCCCCCC1CCC(c2ccc(C)cc2)CC1. The molecular weight excluding hydrogens is 276 g/mol. The molecule has 1 aliphatic carbocycles. The summed E-state index contributed by atoms with van der Waals surface area (Å²) in [7, 11) is 0. The fourth-order valence-electron chi connectivity index (χ4n) is 4.19. The monoisotopic (exact) mass is 314 g/mol. The Hall–Kier alpha value is -0.780. The predicted octanol–water partition coefficient (Wildman–Crippen LogP) is 7.80. The molecule has 1 aliphatic rings. The lowest BCUT2D eigenvalue weighted by molar-refractivity contribution is 0.301. The lowest BCUT2D eigenvalue weighted by Gasteiger charge is -2.29. The summed E-state index contributed by atoms with van der Waals surface area (Å²) >= 11 is 0. The second kappa shape index (κ2) is 10.9. The number of aryl methyl sites for hydroxylation is 1. The second-order valence-corrected chi connectivity index (χ2v) is 7.89. The molecule has 0 amide bonds. The number of benzene rings is 1. The summed E-state index contributed by atoms with van der Waals surface area (Å²) in [5.41, 5.74) is 2.97. The molecular formula is C23H38. The van der Waals surface area contributed by atoms with Gasteiger partial charge in [0.2, 0.25) is 0 Å². The minimum Gasteiger partial charge on any atom is -0.0654 e. The lowest BCUT2D eigenvalue weighted by Crippen LogP contribution is -2.13. The van der Waals surface area contributed by atoms with Gasteiger partial charge in [0.05, 0.1) is 0 Å². The minimum absolute atomic E-state index is 0.838. The van der Waals surface area contributed by atoms with Gasteiger partial charge in [-0.15, -0.1) is 0 Å². The van der Waals surface area contributed by atoms with Crippen LogP contribution in [-0.4, -0.2) is 0 Å². The largest absolute Gasteiger partial charge is 0.0654 e. The topological polar surface area (TPSA) is 0 Å². The van der Waals surface area contributed by atoms with E-state index in [1.54, 1.807) is 5.56 Å². The zero-order valence-corrected chi connectivity index (χ0v) is 15.7. The normalized spacial score (nSPS) is 21.5. The van der Waals surface area contributed by atoms with Crippen molar-refractivity contribution in [1.29, 1.82) is 0 Å². The standard InChI is InChI=1S/C23H38/c1-3-4-5-6-7-8-9-10-11-21-14-18-23(19-15-21)22-16-12-20(2)13-17-22/h12-13,16-17,21,23H,3-11,14-15,18-19H2,1-2H3. The summed E-state index contributed by atoms with van der Waals surface area (Å²) in [6, 6.07) is 9.28. The minimum atomic E-state index is 0.838. The van der Waals surface area contributed by atoms with Crippen LogP contribution in [0.2, 0.25) is 0 Å². The molecule has 0 saturated heterocycles. The van der Waals surface area contributed by atoms with Crippen molar-refractivity contribution >= 4 is 0 Å². The molecule has 130 valence electrons. The van der Waals surface area contributed by atoms with E-state index >= 15 is 0 Å². The van der Waals surface area contributed by atoms with Gasteiger partial charge in [-0.05, 0) is 50.0 Å². The van der Waals surface area contributed by atoms with Crippen molar-refractivity contribution in [2.45, 2.75) is 103 Å². The highest BCUT2D eigenvalue weighted by molar-refractivity contribution is 5.24. The van der Waals surface area contributed by atoms with Crippen molar-refractivity contribution in [2.24, 2.45) is 5.92 Å². The summed E-state index contributed by atoms with van der Waals surface area (Å²) < 4.78 is 0. The van der Waals surface area contributed by atoms with Gasteiger partial charge in [-0.3, -0.25) is 0 Å². The number of unbranched alkanes of at least 4 members (excludes halogenated alkanes) is 7. The van der Waals surface area contributed by atoms with E-state index in [2.05, 4.69) is 38.1 Å². The molecule has 0 unspecified atom stereocenters. The van der Waals surface area contributed by atoms with Gasteiger partial charge in [-0.1, -0.05) is 94.5 Å². The average molecular weight is 315 g/mol. The van der Waals surface area contributed by atoms with E-state index in [9.17, 15) is 0 Å². The van der Waals surface area contributed by atoms with Gasteiger partial charge in [0.15, 0.2) is 0 Å². The first-order chi connectivity index (χ1) is 11.3. The molecule has 0 N–H and O–H groups in total. The van der Waals surface area contributed by atoms with Gasteiger partial charge in [-0.2, -0.15) is 0 Å². The summed E-state index contributed by atoms with van der Waals surface area (Å²) in [6.45, 7) is 4.48. The maximum Gasteiger partial charge on any atom is -0.0162 e. The summed E-state index contributed by atoms with van der Waals surface area (Å²) in [6.07, 6.45) is 18.9. The van der Waals surface area contributed by atoms with Crippen LogP contribution in [0.3, 0.4) is 0 Å². The third kappa shape index (κ3) is 7.10. The molecule has 23 heavy (non-hydrogen) atoms. The van der Waals surface area contributed by atoms with Gasteiger partial charge in [0.25, 0.3) is 0 Å². The third-order valence-electron chi connectivity index (χ3n) is 5.86. The Kier molecular flexibility index (Phi) is 8.79. The zero-order valence-electron chi connectivity index (χ0n) is 15.7. The summed E-state index contributed by atoms with van der Waals surface area (Å²) in [5, 5.41) is 0. The van der Waals surface area contributed by atoms with Crippen molar-refractivity contribution in [2.75, 3.05) is 0 Å². The van der Waals surface area contributed by atoms with Crippen LogP contribution in [0.15, 0.2) is 24.3 Å². The van der Waals surface area contributed by atoms with E-state index in [0.717, 1.165) is 11.8 Å². The quantitative estimate of drug-likeness (QED) is 0.386. The Bertz CT molecular complexity index is 395. The van der Waals surface area contributed by atoms with Crippen LogP contribution in [0.4, 0.5) is 0 Å². The molecule has 1 fully saturated rings. The van der Waals surface area contributed by atoms with Gasteiger partial charge in [0, 0.05) is 0 Å².